The van der Waals surface area contributed by atoms with Crippen molar-refractivity contribution in [3.63, 3.8) is 0 Å². The van der Waals surface area contributed by atoms with Gasteiger partial charge in [0.25, 0.3) is 5.91 Å². The molecular weight excluding hydrogens is 338 g/mol. The van der Waals surface area contributed by atoms with E-state index in [-0.39, 0.29) is 5.69 Å². The topological polar surface area (TPSA) is 89.1 Å². The summed E-state index contributed by atoms with van der Waals surface area (Å²) in [6.45, 7) is 11.5. The first kappa shape index (κ1) is 17.9. The molecule has 2 heterocycles. The molecule has 0 radical (unpaired) electrons. The van der Waals surface area contributed by atoms with E-state index in [1.54, 1.807) is 24.4 Å². The van der Waals surface area contributed by atoms with E-state index in [1.165, 1.54) is 0 Å². The van der Waals surface area contributed by atoms with Crippen molar-refractivity contribution < 1.29 is 4.79 Å². The maximum atomic E-state index is 11.2. The van der Waals surface area contributed by atoms with E-state index in [2.05, 4.69) is 20.5 Å². The Labute approximate surface area is 157 Å². The van der Waals surface area contributed by atoms with E-state index >= 15 is 0 Å². The van der Waals surface area contributed by atoms with Crippen molar-refractivity contribution in [1.82, 2.24) is 9.55 Å². The number of aromatic nitrogens is 2. The molecule has 2 N–H and O–H groups in total. The summed E-state index contributed by atoms with van der Waals surface area (Å²) < 4.78 is 2.05. The largest absolute Gasteiger partial charge is 0.364 e. The molecule has 3 rings (SSSR count). The predicted octanol–water partition coefficient (Wildman–Crippen LogP) is 3.74. The Hall–Kier alpha value is -3.90. The number of nitrogens with two attached hydrogens (primary N) is 1. The molecule has 27 heavy (non-hydrogen) atoms. The van der Waals surface area contributed by atoms with Crippen molar-refractivity contribution >= 4 is 11.6 Å². The van der Waals surface area contributed by atoms with Crippen LogP contribution in [0.1, 0.15) is 33.0 Å². The normalized spacial score (nSPS) is 10.2. The monoisotopic (exact) mass is 355 g/mol. The van der Waals surface area contributed by atoms with Gasteiger partial charge >= 0.3 is 0 Å². The first-order chi connectivity index (χ1) is 13.0. The summed E-state index contributed by atoms with van der Waals surface area (Å²) in [6.07, 6.45) is 1.62. The van der Waals surface area contributed by atoms with Crippen LogP contribution in [-0.4, -0.2) is 15.5 Å². The molecular formula is C21H17N5O. The molecule has 1 amide bonds. The van der Waals surface area contributed by atoms with Crippen LogP contribution in [0.15, 0.2) is 42.6 Å². The number of pyridine rings is 1. The average molecular weight is 355 g/mol. The first-order valence-electron chi connectivity index (χ1n) is 8.28. The van der Waals surface area contributed by atoms with Crippen LogP contribution in [-0.2, 0) is 6.54 Å². The maximum Gasteiger partial charge on any atom is 0.267 e. The molecule has 2 aromatic heterocycles. The molecule has 0 fully saturated rings. The van der Waals surface area contributed by atoms with Gasteiger partial charge in [-0.3, -0.25) is 9.78 Å². The fourth-order valence-corrected chi connectivity index (χ4v) is 3.16. The van der Waals surface area contributed by atoms with Gasteiger partial charge in [-0.2, -0.15) is 5.26 Å². The van der Waals surface area contributed by atoms with Gasteiger partial charge in [-0.1, -0.05) is 30.3 Å². The van der Waals surface area contributed by atoms with Gasteiger partial charge < -0.3 is 10.3 Å². The number of primary amides is 1. The maximum absolute atomic E-state index is 11.2. The number of amides is 1. The Bertz CT molecular complexity index is 1090. The van der Waals surface area contributed by atoms with Gasteiger partial charge in [-0.05, 0) is 31.0 Å². The molecule has 0 aliphatic carbocycles. The van der Waals surface area contributed by atoms with E-state index in [4.69, 9.17) is 12.3 Å². The Kier molecular flexibility index (Phi) is 4.74. The van der Waals surface area contributed by atoms with Crippen LogP contribution in [0.25, 0.3) is 16.0 Å². The van der Waals surface area contributed by atoms with Gasteiger partial charge in [-0.25, -0.2) is 4.85 Å². The summed E-state index contributed by atoms with van der Waals surface area (Å²) in [4.78, 5) is 18.7. The highest BCUT2D eigenvalue weighted by Gasteiger charge is 2.19. The number of nitriles is 1. The lowest BCUT2D eigenvalue weighted by Crippen LogP contribution is -2.13. The molecule has 3 aromatic rings. The zero-order chi connectivity index (χ0) is 19.6. The molecule has 0 aliphatic heterocycles. The van der Waals surface area contributed by atoms with Gasteiger partial charge in [0.1, 0.15) is 11.8 Å². The third-order valence-corrected chi connectivity index (χ3v) is 4.60. The molecule has 0 bridgehead atoms. The highest BCUT2D eigenvalue weighted by molar-refractivity contribution is 5.90. The lowest BCUT2D eigenvalue weighted by molar-refractivity contribution is 0.0995. The predicted molar refractivity (Wildman–Crippen MR) is 102 cm³/mol. The lowest BCUT2D eigenvalue weighted by Gasteiger charge is -2.10. The number of benzene rings is 1. The van der Waals surface area contributed by atoms with Gasteiger partial charge in [0, 0.05) is 29.7 Å². The third-order valence-electron chi connectivity index (χ3n) is 4.60. The zero-order valence-electron chi connectivity index (χ0n) is 15.0. The zero-order valence-corrected chi connectivity index (χ0v) is 15.0. The molecule has 6 heteroatoms. The number of carbonyl (C=O) groups excluding carboxylic acids is 1. The first-order valence-corrected chi connectivity index (χ1v) is 8.28. The molecule has 0 aliphatic rings. The Morgan fingerprint density at radius 2 is 1.93 bits per heavy atom. The second-order valence-corrected chi connectivity index (χ2v) is 6.19. The summed E-state index contributed by atoms with van der Waals surface area (Å²) in [7, 11) is 0. The molecule has 6 nitrogen and oxygen atoms in total. The third kappa shape index (κ3) is 3.29. The van der Waals surface area contributed by atoms with Crippen LogP contribution in [0.5, 0.6) is 0 Å². The fourth-order valence-electron chi connectivity index (χ4n) is 3.16. The Morgan fingerprint density at radius 1 is 1.22 bits per heavy atom. The summed E-state index contributed by atoms with van der Waals surface area (Å²) in [5.41, 5.74) is 11.1. The van der Waals surface area contributed by atoms with Crippen molar-refractivity contribution in [3.8, 4) is 17.2 Å². The molecule has 0 atom stereocenters. The van der Waals surface area contributed by atoms with Crippen LogP contribution in [0.3, 0.4) is 0 Å². The Balaban J connectivity index is 2.04. The summed E-state index contributed by atoms with van der Waals surface area (Å²) in [5.74, 6) is -0.563. The highest BCUT2D eigenvalue weighted by Crippen LogP contribution is 2.33. The van der Waals surface area contributed by atoms with E-state index in [0.29, 0.717) is 17.8 Å². The van der Waals surface area contributed by atoms with Crippen molar-refractivity contribution in [3.05, 3.63) is 82.2 Å². The second kappa shape index (κ2) is 7.15. The average Bonchev–Trinajstić information content (AvgIpc) is 2.92. The molecule has 132 valence electrons. The molecule has 0 unspecified atom stereocenters. The van der Waals surface area contributed by atoms with Crippen LogP contribution in [0.2, 0.25) is 0 Å². The van der Waals surface area contributed by atoms with E-state index < -0.39 is 5.91 Å². The molecule has 0 saturated carbocycles. The smallest absolute Gasteiger partial charge is 0.267 e. The molecule has 1 aromatic carbocycles. The quantitative estimate of drug-likeness (QED) is 0.723. The SMILES string of the molecule is [C-]#[N+]c1ccc(-c2c(C#N)c(C)n(Cc3ccc(C(N)=O)nc3)c2C)cc1. The van der Waals surface area contributed by atoms with Gasteiger partial charge in [-0.15, -0.1) is 0 Å². The van der Waals surface area contributed by atoms with Gasteiger partial charge in [0.15, 0.2) is 5.69 Å². The number of hydrogen-bond donors (Lipinski definition) is 1. The van der Waals surface area contributed by atoms with Crippen molar-refractivity contribution in [2.45, 2.75) is 20.4 Å². The highest BCUT2D eigenvalue weighted by atomic mass is 16.1. The van der Waals surface area contributed by atoms with E-state index in [0.717, 1.165) is 28.1 Å². The summed E-state index contributed by atoms with van der Waals surface area (Å²) in [6, 6.07) is 12.9. The standard InChI is InChI=1S/C21H17N5O/c1-13-18(10-22)20(16-5-7-17(24-3)8-6-16)14(2)26(13)12-15-4-9-19(21(23)27)25-11-15/h4-9,11H,12H2,1-2H3,(H2,23,27). The van der Waals surface area contributed by atoms with Crippen molar-refractivity contribution in [2.75, 3.05) is 0 Å². The number of carbonyl (C=O) groups is 1. The minimum absolute atomic E-state index is 0.220. The number of hydrogen-bond acceptors (Lipinski definition) is 3. The minimum atomic E-state index is -0.563. The summed E-state index contributed by atoms with van der Waals surface area (Å²) in [5, 5.41) is 9.69. The number of nitrogens with zero attached hydrogens (tertiary/aromatic N) is 4. The minimum Gasteiger partial charge on any atom is -0.364 e. The van der Waals surface area contributed by atoms with Crippen LogP contribution in [0.4, 0.5) is 5.69 Å². The lowest BCUT2D eigenvalue weighted by atomic mass is 10.0. The molecule has 0 spiro atoms. The summed E-state index contributed by atoms with van der Waals surface area (Å²) >= 11 is 0. The van der Waals surface area contributed by atoms with Gasteiger partial charge in [0.2, 0.25) is 0 Å². The van der Waals surface area contributed by atoms with E-state index in [1.807, 2.05) is 32.0 Å². The Morgan fingerprint density at radius 3 is 2.44 bits per heavy atom. The van der Waals surface area contributed by atoms with Crippen molar-refractivity contribution in [2.24, 2.45) is 5.73 Å². The fraction of sp³-hybridized carbons (Fsp3) is 0.143. The van der Waals surface area contributed by atoms with Crippen molar-refractivity contribution in [1.29, 1.82) is 5.26 Å². The van der Waals surface area contributed by atoms with Gasteiger partial charge in [0.05, 0.1) is 12.1 Å². The second-order valence-electron chi connectivity index (χ2n) is 6.19. The molecule has 0 saturated heterocycles. The van der Waals surface area contributed by atoms with Crippen LogP contribution in [0, 0.1) is 31.8 Å². The number of rotatable bonds is 4. The van der Waals surface area contributed by atoms with E-state index in [9.17, 15) is 10.1 Å². The van der Waals surface area contributed by atoms with Crippen LogP contribution < -0.4 is 5.73 Å². The van der Waals surface area contributed by atoms with Crippen LogP contribution >= 0.6 is 0 Å².